The molecule has 0 saturated carbocycles. The molecule has 48 heavy (non-hydrogen) atoms. The second kappa shape index (κ2) is 14.9. The van der Waals surface area contributed by atoms with Crippen molar-refractivity contribution >= 4 is 17.1 Å². The largest absolute Gasteiger partial charge is 0.379 e. The van der Waals surface area contributed by atoms with Gasteiger partial charge in [-0.1, -0.05) is 54.6 Å². The average molecular weight is 625 g/mol. The number of benzene rings is 4. The fourth-order valence-electron chi connectivity index (χ4n) is 5.56. The molecular formula is C42H36N6. The number of anilines is 3. The van der Waals surface area contributed by atoms with Gasteiger partial charge in [0.25, 0.3) is 0 Å². The quantitative estimate of drug-likeness (QED) is 0.126. The number of pyridine rings is 3. The first-order valence-corrected chi connectivity index (χ1v) is 16.1. The molecule has 0 saturated heterocycles. The lowest BCUT2D eigenvalue weighted by atomic mass is 9.93. The van der Waals surface area contributed by atoms with Crippen LogP contribution in [-0.2, 0) is 19.6 Å². The lowest BCUT2D eigenvalue weighted by Crippen LogP contribution is -2.01. The van der Waals surface area contributed by atoms with Crippen LogP contribution in [0.3, 0.4) is 0 Å². The second-order valence-electron chi connectivity index (χ2n) is 11.6. The molecule has 0 amide bonds. The van der Waals surface area contributed by atoms with Gasteiger partial charge in [0.15, 0.2) is 0 Å². The molecule has 0 bridgehead atoms. The van der Waals surface area contributed by atoms with E-state index in [1.807, 2.05) is 73.2 Å². The molecule has 7 aromatic rings. The van der Waals surface area contributed by atoms with E-state index in [0.717, 1.165) is 67.5 Å². The summed E-state index contributed by atoms with van der Waals surface area (Å²) in [5.41, 5.74) is 13.2. The first kappa shape index (κ1) is 30.4. The van der Waals surface area contributed by atoms with Crippen molar-refractivity contribution in [3.05, 3.63) is 181 Å². The minimum atomic E-state index is 0.680. The van der Waals surface area contributed by atoms with E-state index < -0.39 is 0 Å². The summed E-state index contributed by atoms with van der Waals surface area (Å²) in [5, 5.41) is 10.5. The summed E-state index contributed by atoms with van der Waals surface area (Å²) in [6.45, 7) is 2.04. The third-order valence-corrected chi connectivity index (χ3v) is 8.19. The van der Waals surface area contributed by atoms with E-state index in [2.05, 4.69) is 122 Å². The molecule has 3 aromatic heterocycles. The van der Waals surface area contributed by atoms with E-state index in [1.54, 1.807) is 0 Å². The summed E-state index contributed by atoms with van der Waals surface area (Å²) in [5.74, 6) is 0. The fraction of sp³-hybridized carbons (Fsp3) is 0.0714. The third-order valence-electron chi connectivity index (χ3n) is 8.19. The van der Waals surface area contributed by atoms with Gasteiger partial charge in [0.2, 0.25) is 0 Å². The van der Waals surface area contributed by atoms with Crippen LogP contribution >= 0.6 is 0 Å². The minimum Gasteiger partial charge on any atom is -0.379 e. The van der Waals surface area contributed by atoms with Crippen LogP contribution in [0.2, 0.25) is 0 Å². The van der Waals surface area contributed by atoms with Gasteiger partial charge in [-0.3, -0.25) is 15.0 Å². The highest BCUT2D eigenvalue weighted by Crippen LogP contribution is 2.34. The molecule has 0 atom stereocenters. The Morgan fingerprint density at radius 1 is 0.312 bits per heavy atom. The maximum absolute atomic E-state index is 4.42. The van der Waals surface area contributed by atoms with Crippen molar-refractivity contribution in [3.63, 3.8) is 0 Å². The summed E-state index contributed by atoms with van der Waals surface area (Å²) in [6.07, 6.45) is 5.47. The topological polar surface area (TPSA) is 74.8 Å². The van der Waals surface area contributed by atoms with Crippen molar-refractivity contribution in [1.29, 1.82) is 0 Å². The molecule has 0 unspecified atom stereocenters. The number of rotatable bonds is 12. The molecular weight excluding hydrogens is 589 g/mol. The second-order valence-corrected chi connectivity index (χ2v) is 11.6. The molecule has 0 aliphatic heterocycles. The molecule has 0 aliphatic carbocycles. The zero-order valence-electron chi connectivity index (χ0n) is 26.6. The van der Waals surface area contributed by atoms with Gasteiger partial charge in [0, 0.05) is 35.7 Å². The van der Waals surface area contributed by atoms with Gasteiger partial charge in [-0.2, -0.15) is 0 Å². The van der Waals surface area contributed by atoms with Crippen LogP contribution in [0.4, 0.5) is 17.1 Å². The van der Waals surface area contributed by atoms with Crippen molar-refractivity contribution in [3.8, 4) is 33.4 Å². The highest BCUT2D eigenvalue weighted by molar-refractivity contribution is 5.82. The molecule has 7 rings (SSSR count). The summed E-state index contributed by atoms with van der Waals surface area (Å²) in [4.78, 5) is 13.3. The standard InChI is InChI=1S/C42H36N6/c1-4-22-43-40(7-1)28-46-37-16-10-31(11-17-37)34-25-35(32-12-18-38(19-13-32)47-29-41-8-2-5-23-44-41)27-36(26-34)33-14-20-39(21-15-33)48-30-42-9-3-6-24-45-42/h1-27,46-48H,28-30H2. The fourth-order valence-corrected chi connectivity index (χ4v) is 5.56. The van der Waals surface area contributed by atoms with E-state index in [-0.39, 0.29) is 0 Å². The highest BCUT2D eigenvalue weighted by atomic mass is 14.9. The summed E-state index contributed by atoms with van der Waals surface area (Å²) in [6, 6.07) is 50.6. The molecule has 6 nitrogen and oxygen atoms in total. The Morgan fingerprint density at radius 2 is 0.604 bits per heavy atom. The van der Waals surface area contributed by atoms with Crippen molar-refractivity contribution in [2.45, 2.75) is 19.6 Å². The SMILES string of the molecule is c1ccc(CNc2ccc(-c3cc(-c4ccc(NCc5ccccn5)cc4)cc(-c4ccc(NCc5ccccn5)cc4)c3)cc2)nc1. The smallest absolute Gasteiger partial charge is 0.0594 e. The summed E-state index contributed by atoms with van der Waals surface area (Å²) >= 11 is 0. The maximum Gasteiger partial charge on any atom is 0.0594 e. The van der Waals surface area contributed by atoms with Gasteiger partial charge in [-0.05, 0) is 124 Å². The highest BCUT2D eigenvalue weighted by Gasteiger charge is 2.09. The van der Waals surface area contributed by atoms with Crippen LogP contribution < -0.4 is 16.0 Å². The monoisotopic (exact) mass is 624 g/mol. The number of aromatic nitrogens is 3. The van der Waals surface area contributed by atoms with Crippen molar-refractivity contribution in [2.75, 3.05) is 16.0 Å². The number of hydrogen-bond acceptors (Lipinski definition) is 6. The molecule has 0 fully saturated rings. The van der Waals surface area contributed by atoms with Crippen molar-refractivity contribution in [1.82, 2.24) is 15.0 Å². The van der Waals surface area contributed by atoms with Crippen LogP contribution in [0.15, 0.2) is 164 Å². The van der Waals surface area contributed by atoms with Crippen LogP contribution in [0.5, 0.6) is 0 Å². The molecule has 0 spiro atoms. The van der Waals surface area contributed by atoms with E-state index in [1.165, 1.54) is 0 Å². The molecule has 6 heteroatoms. The molecule has 3 heterocycles. The van der Waals surface area contributed by atoms with Crippen molar-refractivity contribution < 1.29 is 0 Å². The molecule has 4 aromatic carbocycles. The third kappa shape index (κ3) is 7.92. The molecule has 3 N–H and O–H groups in total. The van der Waals surface area contributed by atoms with E-state index in [4.69, 9.17) is 0 Å². The van der Waals surface area contributed by atoms with Gasteiger partial charge in [0.1, 0.15) is 0 Å². The van der Waals surface area contributed by atoms with Gasteiger partial charge < -0.3 is 16.0 Å². The summed E-state index contributed by atoms with van der Waals surface area (Å²) in [7, 11) is 0. The summed E-state index contributed by atoms with van der Waals surface area (Å²) < 4.78 is 0. The predicted octanol–water partition coefficient (Wildman–Crippen LogP) is 9.71. The minimum absolute atomic E-state index is 0.680. The number of nitrogens with zero attached hydrogens (tertiary/aromatic N) is 3. The Kier molecular flexibility index (Phi) is 9.42. The first-order valence-electron chi connectivity index (χ1n) is 16.1. The Balaban J connectivity index is 1.14. The van der Waals surface area contributed by atoms with Crippen molar-refractivity contribution in [2.24, 2.45) is 0 Å². The van der Waals surface area contributed by atoms with Gasteiger partial charge in [-0.25, -0.2) is 0 Å². The molecule has 234 valence electrons. The van der Waals surface area contributed by atoms with Crippen LogP contribution in [0, 0.1) is 0 Å². The molecule has 0 aliphatic rings. The Morgan fingerprint density at radius 3 is 0.854 bits per heavy atom. The van der Waals surface area contributed by atoms with Gasteiger partial charge >= 0.3 is 0 Å². The van der Waals surface area contributed by atoms with Gasteiger partial charge in [-0.15, -0.1) is 0 Å². The Hall–Kier alpha value is -6.27. The van der Waals surface area contributed by atoms with Crippen LogP contribution in [0.25, 0.3) is 33.4 Å². The first-order chi connectivity index (χ1) is 23.7. The number of nitrogens with one attached hydrogen (secondary N) is 3. The lowest BCUT2D eigenvalue weighted by Gasteiger charge is -2.14. The Labute approximate surface area is 281 Å². The number of hydrogen-bond donors (Lipinski definition) is 3. The van der Waals surface area contributed by atoms with E-state index in [9.17, 15) is 0 Å². The van der Waals surface area contributed by atoms with E-state index in [0.29, 0.717) is 19.6 Å². The van der Waals surface area contributed by atoms with Crippen LogP contribution in [0.1, 0.15) is 17.1 Å². The maximum atomic E-state index is 4.42. The van der Waals surface area contributed by atoms with Gasteiger partial charge in [0.05, 0.1) is 36.7 Å². The van der Waals surface area contributed by atoms with Crippen LogP contribution in [-0.4, -0.2) is 15.0 Å². The Bertz CT molecular complexity index is 1780. The van der Waals surface area contributed by atoms with E-state index >= 15 is 0 Å². The molecule has 0 radical (unpaired) electrons. The zero-order valence-corrected chi connectivity index (χ0v) is 26.6. The zero-order chi connectivity index (χ0) is 32.4. The average Bonchev–Trinajstić information content (AvgIpc) is 3.17. The normalized spacial score (nSPS) is 10.8. The predicted molar refractivity (Wildman–Crippen MR) is 197 cm³/mol. The lowest BCUT2D eigenvalue weighted by molar-refractivity contribution is 1.05.